The van der Waals surface area contributed by atoms with Crippen molar-refractivity contribution in [3.8, 4) is 22.3 Å². The topological polar surface area (TPSA) is 16.1 Å². The number of aromatic nitrogens is 1. The minimum Gasteiger partial charge on any atom is -0.311 e. The monoisotopic (exact) mass is 676 g/mol. The van der Waals surface area contributed by atoms with Crippen LogP contribution in [0.4, 0.5) is 17.1 Å². The van der Waals surface area contributed by atoms with Crippen LogP contribution in [0.1, 0.15) is 33.4 Å². The van der Waals surface area contributed by atoms with Crippen molar-refractivity contribution in [3.63, 3.8) is 0 Å². The maximum absolute atomic E-state index is 4.30. The normalized spacial score (nSPS) is 13.0. The average molecular weight is 677 g/mol. The molecule has 0 bridgehead atoms. The van der Waals surface area contributed by atoms with Crippen molar-refractivity contribution in [2.24, 2.45) is 0 Å². The van der Waals surface area contributed by atoms with Crippen LogP contribution in [0, 0.1) is 0 Å². The van der Waals surface area contributed by atoms with Gasteiger partial charge in [0.15, 0.2) is 0 Å². The summed E-state index contributed by atoms with van der Waals surface area (Å²) in [6, 6.07) is 61.5. The van der Waals surface area contributed by atoms with Crippen LogP contribution in [0.2, 0.25) is 0 Å². The van der Waals surface area contributed by atoms with Crippen molar-refractivity contribution >= 4 is 51.1 Å². The molecule has 250 valence electrons. The third-order valence-corrected chi connectivity index (χ3v) is 10.8. The first-order valence-electron chi connectivity index (χ1n) is 18.4. The number of hydrogen-bond acceptors (Lipinski definition) is 2. The SMILES string of the molecule is C1=C(c2ccccc2)Cc2ccc3c4c(ccc1c24)C=C(c1ccc(-c2ccc(N(c4ccccc4)c4ccc(-c5cccnc5)cc4)cc2)cc1)C3. The smallest absolute Gasteiger partial charge is 0.0462 e. The number of anilines is 3. The Morgan fingerprint density at radius 1 is 0.358 bits per heavy atom. The molecule has 0 aliphatic heterocycles. The van der Waals surface area contributed by atoms with Crippen LogP contribution in [0.25, 0.3) is 56.3 Å². The van der Waals surface area contributed by atoms with E-state index in [1.54, 1.807) is 0 Å². The van der Waals surface area contributed by atoms with E-state index < -0.39 is 0 Å². The summed E-state index contributed by atoms with van der Waals surface area (Å²) < 4.78 is 0. The van der Waals surface area contributed by atoms with E-state index in [0.29, 0.717) is 0 Å². The molecule has 0 atom stereocenters. The number of allylic oxidation sites excluding steroid dienone is 2. The highest BCUT2D eigenvalue weighted by atomic mass is 15.1. The van der Waals surface area contributed by atoms with Gasteiger partial charge in [0.05, 0.1) is 0 Å². The number of nitrogens with zero attached hydrogens (tertiary/aromatic N) is 2. The van der Waals surface area contributed by atoms with E-state index in [1.807, 2.05) is 18.5 Å². The van der Waals surface area contributed by atoms with Crippen molar-refractivity contribution in [2.45, 2.75) is 12.8 Å². The fourth-order valence-corrected chi connectivity index (χ4v) is 8.18. The highest BCUT2D eigenvalue weighted by Crippen LogP contribution is 2.43. The van der Waals surface area contributed by atoms with Crippen LogP contribution in [0.3, 0.4) is 0 Å². The van der Waals surface area contributed by atoms with E-state index in [4.69, 9.17) is 0 Å². The number of benzene rings is 7. The minimum atomic E-state index is 0.940. The zero-order valence-electron chi connectivity index (χ0n) is 29.3. The molecule has 0 amide bonds. The highest BCUT2D eigenvalue weighted by molar-refractivity contribution is 6.09. The van der Waals surface area contributed by atoms with Gasteiger partial charge < -0.3 is 4.90 Å². The molecule has 0 N–H and O–H groups in total. The molecule has 0 fully saturated rings. The third kappa shape index (κ3) is 5.75. The molecule has 1 heterocycles. The van der Waals surface area contributed by atoms with E-state index in [2.05, 4.69) is 186 Å². The van der Waals surface area contributed by atoms with E-state index in [1.165, 1.54) is 66.4 Å². The third-order valence-electron chi connectivity index (χ3n) is 10.8. The molecule has 2 nitrogen and oxygen atoms in total. The predicted octanol–water partition coefficient (Wildman–Crippen LogP) is 13.2. The largest absolute Gasteiger partial charge is 0.311 e. The van der Waals surface area contributed by atoms with Gasteiger partial charge in [0.1, 0.15) is 0 Å². The van der Waals surface area contributed by atoms with E-state index in [-0.39, 0.29) is 0 Å². The lowest BCUT2D eigenvalue weighted by Gasteiger charge is -2.26. The van der Waals surface area contributed by atoms with Crippen molar-refractivity contribution in [3.05, 3.63) is 216 Å². The molecule has 53 heavy (non-hydrogen) atoms. The Morgan fingerprint density at radius 3 is 1.32 bits per heavy atom. The molecule has 10 rings (SSSR count). The zero-order valence-corrected chi connectivity index (χ0v) is 29.3. The number of rotatable bonds is 7. The van der Waals surface area contributed by atoms with Gasteiger partial charge in [0, 0.05) is 29.5 Å². The molecule has 7 aromatic carbocycles. The summed E-state index contributed by atoms with van der Waals surface area (Å²) in [5.41, 5.74) is 18.9. The number of hydrogen-bond donors (Lipinski definition) is 0. The Morgan fingerprint density at radius 2 is 0.792 bits per heavy atom. The van der Waals surface area contributed by atoms with Crippen LogP contribution < -0.4 is 4.90 Å². The lowest BCUT2D eigenvalue weighted by molar-refractivity contribution is 1.25. The molecule has 0 unspecified atom stereocenters. The molecular weight excluding hydrogens is 641 g/mol. The van der Waals surface area contributed by atoms with Crippen LogP contribution in [0.5, 0.6) is 0 Å². The van der Waals surface area contributed by atoms with Crippen molar-refractivity contribution in [2.75, 3.05) is 4.90 Å². The predicted molar refractivity (Wildman–Crippen MR) is 223 cm³/mol. The van der Waals surface area contributed by atoms with Gasteiger partial charge in [-0.1, -0.05) is 140 Å². The summed E-state index contributed by atoms with van der Waals surface area (Å²) in [6.45, 7) is 0. The minimum absolute atomic E-state index is 0.940. The Balaban J connectivity index is 0.919. The molecule has 2 aliphatic carbocycles. The van der Waals surface area contributed by atoms with E-state index in [9.17, 15) is 0 Å². The van der Waals surface area contributed by atoms with Gasteiger partial charge in [-0.15, -0.1) is 0 Å². The molecule has 2 heteroatoms. The second kappa shape index (κ2) is 13.1. The highest BCUT2D eigenvalue weighted by Gasteiger charge is 2.22. The maximum Gasteiger partial charge on any atom is 0.0462 e. The van der Waals surface area contributed by atoms with Crippen molar-refractivity contribution in [1.82, 2.24) is 4.98 Å². The van der Waals surface area contributed by atoms with Crippen LogP contribution >= 0.6 is 0 Å². The van der Waals surface area contributed by atoms with Crippen LogP contribution in [-0.4, -0.2) is 4.98 Å². The van der Waals surface area contributed by atoms with Gasteiger partial charge in [0.25, 0.3) is 0 Å². The fraction of sp³-hybridized carbons (Fsp3) is 0.0392. The van der Waals surface area contributed by atoms with Gasteiger partial charge >= 0.3 is 0 Å². The average Bonchev–Trinajstić information content (AvgIpc) is 3.24. The van der Waals surface area contributed by atoms with E-state index >= 15 is 0 Å². The number of pyridine rings is 1. The summed E-state index contributed by atoms with van der Waals surface area (Å²) in [6.07, 6.45) is 10.4. The quantitative estimate of drug-likeness (QED) is 0.167. The molecule has 0 radical (unpaired) electrons. The Hall–Kier alpha value is -6.77. The standard InChI is InChI=1S/C51H36N2/c1-3-8-35(9-4-1)45-30-40-17-19-42-32-46(33-43-20-18-41(31-45)50(40)51(42)43)39-15-13-36(14-16-39)37-21-25-48(26-22-37)53(47-11-5-2-6-12-47)49-27-23-38(24-28-49)44-10-7-29-52-34-44/h1-30,32,34H,31,33H2. The molecule has 8 aromatic rings. The van der Waals surface area contributed by atoms with Gasteiger partial charge in [0.2, 0.25) is 0 Å². The first kappa shape index (κ1) is 31.0. The molecule has 1 aromatic heterocycles. The van der Waals surface area contributed by atoms with Crippen molar-refractivity contribution < 1.29 is 0 Å². The van der Waals surface area contributed by atoms with Crippen molar-refractivity contribution in [1.29, 1.82) is 0 Å². The molecular formula is C51H36N2. The van der Waals surface area contributed by atoms with E-state index in [0.717, 1.165) is 41.0 Å². The molecule has 2 aliphatic rings. The first-order valence-corrected chi connectivity index (χ1v) is 18.4. The summed E-state index contributed by atoms with van der Waals surface area (Å²) in [5.74, 6) is 0. The Labute approximate surface area is 310 Å². The molecule has 0 saturated carbocycles. The second-order valence-electron chi connectivity index (χ2n) is 14.0. The maximum atomic E-state index is 4.30. The zero-order chi connectivity index (χ0) is 35.1. The number of para-hydroxylation sites is 1. The van der Waals surface area contributed by atoms with Gasteiger partial charge in [-0.2, -0.15) is 0 Å². The Bertz CT molecular complexity index is 2660. The fourth-order valence-electron chi connectivity index (χ4n) is 8.18. The molecule has 0 spiro atoms. The molecule has 0 saturated heterocycles. The first-order chi connectivity index (χ1) is 26.2. The summed E-state index contributed by atoms with van der Waals surface area (Å²) >= 11 is 0. The second-order valence-corrected chi connectivity index (χ2v) is 14.0. The lowest BCUT2D eigenvalue weighted by atomic mass is 9.79. The van der Waals surface area contributed by atoms with Crippen LogP contribution in [0.15, 0.2) is 182 Å². The summed E-state index contributed by atoms with van der Waals surface area (Å²) in [4.78, 5) is 6.60. The van der Waals surface area contributed by atoms with Crippen LogP contribution in [-0.2, 0) is 12.8 Å². The van der Waals surface area contributed by atoms with Gasteiger partial charge in [-0.3, -0.25) is 4.98 Å². The summed E-state index contributed by atoms with van der Waals surface area (Å²) in [5, 5.41) is 2.86. The Kier molecular flexibility index (Phi) is 7.66. The van der Waals surface area contributed by atoms with Gasteiger partial charge in [-0.05, 0) is 133 Å². The van der Waals surface area contributed by atoms with Gasteiger partial charge in [-0.25, -0.2) is 0 Å². The summed E-state index contributed by atoms with van der Waals surface area (Å²) in [7, 11) is 0. The lowest BCUT2D eigenvalue weighted by Crippen LogP contribution is -2.09.